The van der Waals surface area contributed by atoms with Crippen LogP contribution in [0.25, 0.3) is 11.1 Å². The van der Waals surface area contributed by atoms with E-state index in [4.69, 9.17) is 23.2 Å². The molecule has 2 N–H and O–H groups in total. The van der Waals surface area contributed by atoms with E-state index in [1.807, 2.05) is 18.2 Å². The highest BCUT2D eigenvalue weighted by Gasteiger charge is 2.18. The van der Waals surface area contributed by atoms with E-state index < -0.39 is 0 Å². The van der Waals surface area contributed by atoms with Gasteiger partial charge in [0, 0.05) is 11.4 Å². The number of halogens is 2. The molecule has 0 fully saturated rings. The third-order valence-corrected chi connectivity index (χ3v) is 4.97. The van der Waals surface area contributed by atoms with E-state index in [2.05, 4.69) is 34.9 Å². The van der Waals surface area contributed by atoms with Crippen molar-refractivity contribution in [1.82, 2.24) is 0 Å². The summed E-state index contributed by atoms with van der Waals surface area (Å²) in [6.45, 7) is 0. The Morgan fingerprint density at radius 1 is 0.760 bits per heavy atom. The number of carbonyl (C=O) groups excluding carboxylic acids is 1. The van der Waals surface area contributed by atoms with Crippen molar-refractivity contribution in [1.29, 1.82) is 0 Å². The molecule has 1 aliphatic rings. The molecule has 2 amide bonds. The molecule has 0 aromatic heterocycles. The molecule has 0 saturated carbocycles. The number of hydrogen-bond donors (Lipinski definition) is 2. The smallest absolute Gasteiger partial charge is 0.308 e. The number of amides is 2. The van der Waals surface area contributed by atoms with Crippen LogP contribution in [-0.2, 0) is 6.42 Å². The fourth-order valence-electron chi connectivity index (χ4n) is 3.09. The van der Waals surface area contributed by atoms with Gasteiger partial charge < -0.3 is 10.6 Å². The fraction of sp³-hybridized carbons (Fsp3) is 0.0500. The van der Waals surface area contributed by atoms with Crippen molar-refractivity contribution in [3.63, 3.8) is 0 Å². The summed E-state index contributed by atoms with van der Waals surface area (Å²) in [5.41, 5.74) is 6.36. The van der Waals surface area contributed by atoms with Crippen LogP contribution in [0.1, 0.15) is 11.1 Å². The van der Waals surface area contributed by atoms with E-state index >= 15 is 0 Å². The van der Waals surface area contributed by atoms with Crippen LogP contribution in [0.3, 0.4) is 0 Å². The third kappa shape index (κ3) is 3.21. The lowest BCUT2D eigenvalue weighted by Crippen LogP contribution is -2.19. The highest BCUT2D eigenvalue weighted by Crippen LogP contribution is 2.37. The second-order valence-corrected chi connectivity index (χ2v) is 6.73. The maximum absolute atomic E-state index is 12.2. The number of anilines is 2. The lowest BCUT2D eigenvalue weighted by Gasteiger charge is -2.10. The van der Waals surface area contributed by atoms with Crippen LogP contribution in [-0.4, -0.2) is 6.03 Å². The highest BCUT2D eigenvalue weighted by molar-refractivity contribution is 6.42. The van der Waals surface area contributed by atoms with Gasteiger partial charge in [-0.15, -0.1) is 0 Å². The van der Waals surface area contributed by atoms with E-state index in [0.29, 0.717) is 15.7 Å². The summed E-state index contributed by atoms with van der Waals surface area (Å²) in [4.78, 5) is 12.2. The molecule has 3 aromatic rings. The largest absolute Gasteiger partial charge is 0.323 e. The van der Waals surface area contributed by atoms with Crippen LogP contribution < -0.4 is 10.6 Å². The van der Waals surface area contributed by atoms with Gasteiger partial charge in [-0.1, -0.05) is 53.5 Å². The van der Waals surface area contributed by atoms with Gasteiger partial charge in [0.1, 0.15) is 0 Å². The Morgan fingerprint density at radius 2 is 1.44 bits per heavy atom. The molecule has 0 unspecified atom stereocenters. The average molecular weight is 369 g/mol. The number of carbonyl (C=O) groups is 1. The highest BCUT2D eigenvalue weighted by atomic mass is 35.5. The second-order valence-electron chi connectivity index (χ2n) is 5.91. The van der Waals surface area contributed by atoms with Crippen molar-refractivity contribution in [3.8, 4) is 11.1 Å². The molecule has 5 heteroatoms. The maximum atomic E-state index is 12.2. The van der Waals surface area contributed by atoms with Crippen LogP contribution in [0.2, 0.25) is 10.0 Å². The SMILES string of the molecule is O=C(Nc1ccc(Cl)c(Cl)c1)Nc1ccc2c(c1)Cc1ccccc1-2. The molecule has 0 heterocycles. The Balaban J connectivity index is 1.49. The molecule has 0 bridgehead atoms. The second kappa shape index (κ2) is 6.43. The van der Waals surface area contributed by atoms with Crippen LogP contribution in [0.15, 0.2) is 60.7 Å². The zero-order chi connectivity index (χ0) is 17.4. The van der Waals surface area contributed by atoms with Gasteiger partial charge in [-0.05, 0) is 59.0 Å². The van der Waals surface area contributed by atoms with Crippen molar-refractivity contribution in [2.45, 2.75) is 6.42 Å². The summed E-state index contributed by atoms with van der Waals surface area (Å²) in [7, 11) is 0. The summed E-state index contributed by atoms with van der Waals surface area (Å²) in [5, 5.41) is 6.45. The number of nitrogens with one attached hydrogen (secondary N) is 2. The lowest BCUT2D eigenvalue weighted by atomic mass is 10.1. The van der Waals surface area contributed by atoms with Gasteiger partial charge >= 0.3 is 6.03 Å². The van der Waals surface area contributed by atoms with Gasteiger partial charge in [0.05, 0.1) is 10.0 Å². The Bertz CT molecular complexity index is 985. The van der Waals surface area contributed by atoms with Crippen molar-refractivity contribution >= 4 is 40.6 Å². The maximum Gasteiger partial charge on any atom is 0.323 e. The van der Waals surface area contributed by atoms with E-state index in [1.54, 1.807) is 18.2 Å². The summed E-state index contributed by atoms with van der Waals surface area (Å²) in [6.07, 6.45) is 0.884. The van der Waals surface area contributed by atoms with E-state index in [1.165, 1.54) is 22.3 Å². The molecule has 0 aliphatic heterocycles. The first-order valence-electron chi connectivity index (χ1n) is 7.84. The Hall–Kier alpha value is -2.49. The molecule has 3 nitrogen and oxygen atoms in total. The molecule has 0 atom stereocenters. The van der Waals surface area contributed by atoms with E-state index in [0.717, 1.165) is 12.1 Å². The van der Waals surface area contributed by atoms with Gasteiger partial charge in [0.15, 0.2) is 0 Å². The zero-order valence-electron chi connectivity index (χ0n) is 13.1. The molecule has 1 aliphatic carbocycles. The molecule has 0 saturated heterocycles. The van der Waals surface area contributed by atoms with E-state index in [-0.39, 0.29) is 6.03 Å². The Morgan fingerprint density at radius 3 is 2.24 bits per heavy atom. The third-order valence-electron chi connectivity index (χ3n) is 4.23. The molecule has 3 aromatic carbocycles. The Kier molecular flexibility index (Phi) is 4.12. The zero-order valence-corrected chi connectivity index (χ0v) is 14.7. The number of urea groups is 1. The van der Waals surface area contributed by atoms with Crippen LogP contribution in [0.5, 0.6) is 0 Å². The molecule has 4 rings (SSSR count). The number of fused-ring (bicyclic) bond motifs is 3. The van der Waals surface area contributed by atoms with Gasteiger partial charge in [-0.25, -0.2) is 4.79 Å². The molecular formula is C20H14Cl2N2O. The first-order chi connectivity index (χ1) is 12.1. The normalized spacial score (nSPS) is 11.6. The number of rotatable bonds is 2. The molecule has 0 radical (unpaired) electrons. The minimum absolute atomic E-state index is 0.325. The predicted molar refractivity (Wildman–Crippen MR) is 104 cm³/mol. The fourth-order valence-corrected chi connectivity index (χ4v) is 3.39. The van der Waals surface area contributed by atoms with Crippen molar-refractivity contribution in [3.05, 3.63) is 81.8 Å². The average Bonchev–Trinajstić information content (AvgIpc) is 2.96. The predicted octanol–water partition coefficient (Wildman–Crippen LogP) is 6.21. The Labute approximate surface area is 155 Å². The summed E-state index contributed by atoms with van der Waals surface area (Å²) >= 11 is 11.8. The number of hydrogen-bond acceptors (Lipinski definition) is 1. The topological polar surface area (TPSA) is 41.1 Å². The van der Waals surface area contributed by atoms with Crippen LogP contribution >= 0.6 is 23.2 Å². The quantitative estimate of drug-likeness (QED) is 0.433. The summed E-state index contributed by atoms with van der Waals surface area (Å²) < 4.78 is 0. The van der Waals surface area contributed by atoms with Crippen molar-refractivity contribution in [2.24, 2.45) is 0 Å². The number of benzene rings is 3. The van der Waals surface area contributed by atoms with Crippen LogP contribution in [0, 0.1) is 0 Å². The standard InChI is InChI=1S/C20H14Cl2N2O/c21-18-8-6-15(11-19(18)22)24-20(25)23-14-5-7-17-13(10-14)9-12-3-1-2-4-16(12)17/h1-8,10-11H,9H2,(H2,23,24,25). The van der Waals surface area contributed by atoms with E-state index in [9.17, 15) is 4.79 Å². The molecule has 25 heavy (non-hydrogen) atoms. The first kappa shape index (κ1) is 16.0. The minimum atomic E-state index is -0.325. The molecular weight excluding hydrogens is 355 g/mol. The van der Waals surface area contributed by atoms with Crippen molar-refractivity contribution < 1.29 is 4.79 Å². The summed E-state index contributed by atoms with van der Waals surface area (Å²) in [6, 6.07) is 19.0. The molecule has 124 valence electrons. The van der Waals surface area contributed by atoms with Crippen LogP contribution in [0.4, 0.5) is 16.2 Å². The first-order valence-corrected chi connectivity index (χ1v) is 8.60. The van der Waals surface area contributed by atoms with Gasteiger partial charge in [0.25, 0.3) is 0 Å². The summed E-state index contributed by atoms with van der Waals surface area (Å²) in [5.74, 6) is 0. The molecule has 0 spiro atoms. The van der Waals surface area contributed by atoms with Gasteiger partial charge in [-0.2, -0.15) is 0 Å². The van der Waals surface area contributed by atoms with Gasteiger partial charge in [0.2, 0.25) is 0 Å². The van der Waals surface area contributed by atoms with Crippen molar-refractivity contribution in [2.75, 3.05) is 10.6 Å². The lowest BCUT2D eigenvalue weighted by molar-refractivity contribution is 0.262. The monoisotopic (exact) mass is 368 g/mol. The minimum Gasteiger partial charge on any atom is -0.308 e. The van der Waals surface area contributed by atoms with Gasteiger partial charge in [-0.3, -0.25) is 0 Å².